The van der Waals surface area contributed by atoms with Gasteiger partial charge in [-0.15, -0.1) is 0 Å². The Balaban J connectivity index is 1.62. The Labute approximate surface area is 256 Å². The molecule has 0 nitrogen and oxygen atoms in total. The van der Waals surface area contributed by atoms with Gasteiger partial charge in [-0.1, -0.05) is 245 Å². The van der Waals surface area contributed by atoms with Crippen LogP contribution in [0.3, 0.4) is 0 Å². The van der Waals surface area contributed by atoms with Crippen molar-refractivity contribution in [1.29, 1.82) is 0 Å². The average Bonchev–Trinajstić information content (AvgIpc) is 2.98. The van der Waals surface area contributed by atoms with Crippen molar-refractivity contribution >= 4 is 0 Å². The molecule has 0 aromatic carbocycles. The molecule has 0 aliphatic heterocycles. The van der Waals surface area contributed by atoms with Crippen LogP contribution in [0, 0.1) is 11.8 Å². The third kappa shape index (κ3) is 26.9. The first-order valence-electron chi connectivity index (χ1n) is 19.9. The molecule has 0 radical (unpaired) electrons. The molecule has 0 aromatic rings. The topological polar surface area (TPSA) is 0 Å². The molecule has 1 aliphatic carbocycles. The Morgan fingerprint density at radius 1 is 0.275 bits per heavy atom. The normalized spacial score (nSPS) is 17.6. The van der Waals surface area contributed by atoms with Gasteiger partial charge in [0.2, 0.25) is 0 Å². The van der Waals surface area contributed by atoms with Gasteiger partial charge in [-0.3, -0.25) is 0 Å². The van der Waals surface area contributed by atoms with E-state index in [1.165, 1.54) is 231 Å². The summed E-state index contributed by atoms with van der Waals surface area (Å²) < 4.78 is 0. The van der Waals surface area contributed by atoms with Gasteiger partial charge in [0.05, 0.1) is 0 Å². The summed E-state index contributed by atoms with van der Waals surface area (Å²) in [6.07, 6.45) is 53.8. The van der Waals surface area contributed by atoms with E-state index in [0.29, 0.717) is 0 Å². The molecule has 0 heteroatoms. The van der Waals surface area contributed by atoms with Crippen molar-refractivity contribution in [3.05, 3.63) is 0 Å². The summed E-state index contributed by atoms with van der Waals surface area (Å²) >= 11 is 0. The van der Waals surface area contributed by atoms with Gasteiger partial charge in [0.1, 0.15) is 0 Å². The minimum absolute atomic E-state index is 1.06. The van der Waals surface area contributed by atoms with E-state index < -0.39 is 0 Å². The monoisotopic (exact) mass is 561 g/mol. The van der Waals surface area contributed by atoms with E-state index >= 15 is 0 Å². The Hall–Kier alpha value is 0. The van der Waals surface area contributed by atoms with Gasteiger partial charge in [0.25, 0.3) is 0 Å². The summed E-state index contributed by atoms with van der Waals surface area (Å²) in [5, 5.41) is 0. The van der Waals surface area contributed by atoms with E-state index in [9.17, 15) is 0 Å². The van der Waals surface area contributed by atoms with Crippen LogP contribution in [0.15, 0.2) is 0 Å². The molecule has 1 aliphatic rings. The van der Waals surface area contributed by atoms with Crippen molar-refractivity contribution in [2.45, 2.75) is 245 Å². The molecule has 0 N–H and O–H groups in total. The lowest BCUT2D eigenvalue weighted by atomic mass is 9.79. The second-order valence-corrected chi connectivity index (χ2v) is 14.3. The van der Waals surface area contributed by atoms with E-state index in [2.05, 4.69) is 13.8 Å². The maximum atomic E-state index is 2.38. The third-order valence-electron chi connectivity index (χ3n) is 10.5. The van der Waals surface area contributed by atoms with Gasteiger partial charge >= 0.3 is 0 Å². The van der Waals surface area contributed by atoms with Crippen LogP contribution < -0.4 is 0 Å². The van der Waals surface area contributed by atoms with Crippen LogP contribution in [0.4, 0.5) is 0 Å². The summed E-state index contributed by atoms with van der Waals surface area (Å²) in [7, 11) is 0. The summed E-state index contributed by atoms with van der Waals surface area (Å²) in [5.41, 5.74) is 0. The van der Waals surface area contributed by atoms with Gasteiger partial charge in [0, 0.05) is 0 Å². The van der Waals surface area contributed by atoms with Crippen LogP contribution >= 0.6 is 0 Å². The molecule has 0 bridgehead atoms. The molecule has 0 aromatic heterocycles. The van der Waals surface area contributed by atoms with Crippen LogP contribution in [-0.2, 0) is 0 Å². The fraction of sp³-hybridized carbons (Fsp3) is 1.00. The molecule has 0 spiro atoms. The lowest BCUT2D eigenvalue weighted by Gasteiger charge is -2.27. The van der Waals surface area contributed by atoms with Crippen LogP contribution in [0.2, 0.25) is 0 Å². The molecule has 1 fully saturated rings. The maximum Gasteiger partial charge on any atom is -0.0414 e. The van der Waals surface area contributed by atoms with Crippen LogP contribution in [-0.4, -0.2) is 0 Å². The van der Waals surface area contributed by atoms with Gasteiger partial charge in [-0.2, -0.15) is 0 Å². The fourth-order valence-corrected chi connectivity index (χ4v) is 7.38. The maximum absolute atomic E-state index is 2.38. The van der Waals surface area contributed by atoms with E-state index in [4.69, 9.17) is 0 Å². The molecular formula is C40H80. The molecule has 40 heavy (non-hydrogen) atoms. The summed E-state index contributed by atoms with van der Waals surface area (Å²) in [6.45, 7) is 4.69. The predicted molar refractivity (Wildman–Crippen MR) is 185 cm³/mol. The quantitative estimate of drug-likeness (QED) is 0.0718. The summed E-state index contributed by atoms with van der Waals surface area (Å²) in [6, 6.07) is 0. The first kappa shape index (κ1) is 38.0. The van der Waals surface area contributed by atoms with Crippen LogP contribution in [0.5, 0.6) is 0 Å². The third-order valence-corrected chi connectivity index (χ3v) is 10.5. The van der Waals surface area contributed by atoms with Crippen molar-refractivity contribution in [2.75, 3.05) is 0 Å². The van der Waals surface area contributed by atoms with Crippen LogP contribution in [0.25, 0.3) is 0 Å². The fourth-order valence-electron chi connectivity index (χ4n) is 7.38. The van der Waals surface area contributed by atoms with Crippen molar-refractivity contribution in [3.63, 3.8) is 0 Å². The largest absolute Gasteiger partial charge is 0.0654 e. The molecular weight excluding hydrogens is 480 g/mol. The van der Waals surface area contributed by atoms with Crippen molar-refractivity contribution < 1.29 is 0 Å². The second kappa shape index (κ2) is 31.9. The van der Waals surface area contributed by atoms with Crippen molar-refractivity contribution in [1.82, 2.24) is 0 Å². The highest BCUT2D eigenvalue weighted by Gasteiger charge is 2.19. The summed E-state index contributed by atoms with van der Waals surface area (Å²) in [5.74, 6) is 2.15. The zero-order valence-electron chi connectivity index (χ0n) is 28.6. The van der Waals surface area contributed by atoms with E-state index in [1.807, 2.05) is 0 Å². The predicted octanol–water partition coefficient (Wildman–Crippen LogP) is 15.3. The summed E-state index contributed by atoms with van der Waals surface area (Å²) in [4.78, 5) is 0. The number of hydrogen-bond acceptors (Lipinski definition) is 0. The number of rotatable bonds is 32. The van der Waals surface area contributed by atoms with E-state index in [1.54, 1.807) is 0 Å². The second-order valence-electron chi connectivity index (χ2n) is 14.3. The first-order valence-corrected chi connectivity index (χ1v) is 19.9. The lowest BCUT2D eigenvalue weighted by Crippen LogP contribution is -2.13. The average molecular weight is 561 g/mol. The highest BCUT2D eigenvalue weighted by molar-refractivity contribution is 4.71. The lowest BCUT2D eigenvalue weighted by molar-refractivity contribution is 0.253. The van der Waals surface area contributed by atoms with E-state index in [0.717, 1.165) is 11.8 Å². The zero-order valence-corrected chi connectivity index (χ0v) is 28.6. The first-order chi connectivity index (χ1) is 19.9. The van der Waals surface area contributed by atoms with Gasteiger partial charge < -0.3 is 0 Å². The van der Waals surface area contributed by atoms with Crippen molar-refractivity contribution in [2.24, 2.45) is 11.8 Å². The minimum atomic E-state index is 1.06. The Kier molecular flexibility index (Phi) is 30.3. The highest BCUT2D eigenvalue weighted by Crippen LogP contribution is 2.33. The molecule has 0 saturated heterocycles. The van der Waals surface area contributed by atoms with Gasteiger partial charge in [-0.25, -0.2) is 0 Å². The molecule has 0 heterocycles. The SMILES string of the molecule is CCCCCCCCCCCCCCCCCCCCCCCCCCCCCCCCC1CCC(CC)CC1. The standard InChI is InChI=1S/C40H80/c1-3-5-6-7-8-9-10-11-12-13-14-15-16-17-18-19-20-21-22-23-24-25-26-27-28-29-30-31-32-33-34-40-37-35-39(4-2)36-38-40/h39-40H,3-38H2,1-2H3. The molecule has 1 saturated carbocycles. The van der Waals surface area contributed by atoms with E-state index in [-0.39, 0.29) is 0 Å². The van der Waals surface area contributed by atoms with Gasteiger partial charge in [0.15, 0.2) is 0 Å². The van der Waals surface area contributed by atoms with Crippen molar-refractivity contribution in [3.8, 4) is 0 Å². The molecule has 1 rings (SSSR count). The Bertz CT molecular complexity index is 445. The number of hydrogen-bond donors (Lipinski definition) is 0. The molecule has 0 unspecified atom stereocenters. The number of unbranched alkanes of at least 4 members (excludes halogenated alkanes) is 29. The van der Waals surface area contributed by atoms with Crippen LogP contribution in [0.1, 0.15) is 245 Å². The molecule has 0 amide bonds. The molecule has 0 atom stereocenters. The molecule has 240 valence electrons. The van der Waals surface area contributed by atoms with Gasteiger partial charge in [-0.05, 0) is 11.8 Å². The smallest absolute Gasteiger partial charge is 0.0414 e. The Morgan fingerprint density at radius 3 is 0.750 bits per heavy atom. The Morgan fingerprint density at radius 2 is 0.500 bits per heavy atom. The zero-order chi connectivity index (χ0) is 28.6. The highest BCUT2D eigenvalue weighted by atomic mass is 14.2. The minimum Gasteiger partial charge on any atom is -0.0654 e.